The van der Waals surface area contributed by atoms with Gasteiger partial charge in [-0.15, -0.1) is 0 Å². The number of carbonyl (C=O) groups is 1. The van der Waals surface area contributed by atoms with E-state index in [2.05, 4.69) is 5.32 Å². The lowest BCUT2D eigenvalue weighted by atomic mass is 10.1. The van der Waals surface area contributed by atoms with Crippen LogP contribution in [0.2, 0.25) is 0 Å². The molecule has 0 aliphatic rings. The zero-order valence-electron chi connectivity index (χ0n) is 16.5. The molecule has 2 unspecified atom stereocenters. The van der Waals surface area contributed by atoms with Gasteiger partial charge in [0, 0.05) is 0 Å². The molecular weight excluding hydrogens is 377 g/mol. The van der Waals surface area contributed by atoms with Crippen LogP contribution < -0.4 is 5.32 Å². The summed E-state index contributed by atoms with van der Waals surface area (Å²) in [5.41, 5.74) is 1.68. The summed E-state index contributed by atoms with van der Waals surface area (Å²) in [5.74, 6) is -1.24. The van der Waals surface area contributed by atoms with Gasteiger partial charge in [0.25, 0.3) is 0 Å². The van der Waals surface area contributed by atoms with Crippen LogP contribution >= 0.6 is 7.60 Å². The molecule has 152 valence electrons. The number of carbonyl (C=O) groups excluding carboxylic acids is 1. The lowest BCUT2D eigenvalue weighted by Gasteiger charge is -2.30. The van der Waals surface area contributed by atoms with Crippen molar-refractivity contribution in [1.29, 1.82) is 0 Å². The van der Waals surface area contributed by atoms with Gasteiger partial charge in [-0.3, -0.25) is 14.7 Å². The first kappa shape index (κ1) is 22.3. The van der Waals surface area contributed by atoms with Crippen LogP contribution in [0.1, 0.15) is 30.8 Å². The molecule has 0 saturated carbocycles. The number of esters is 1. The van der Waals surface area contributed by atoms with E-state index in [0.29, 0.717) is 6.42 Å². The van der Waals surface area contributed by atoms with Gasteiger partial charge in [0.1, 0.15) is 11.8 Å². The van der Waals surface area contributed by atoms with Crippen molar-refractivity contribution < 1.29 is 23.1 Å². The van der Waals surface area contributed by atoms with Crippen molar-refractivity contribution in [2.75, 3.05) is 20.3 Å². The van der Waals surface area contributed by atoms with Gasteiger partial charge in [0.05, 0.1) is 20.3 Å². The number of methoxy groups -OCH3 is 1. The molecule has 2 aromatic carbocycles. The maximum Gasteiger partial charge on any atom is 0.351 e. The quantitative estimate of drug-likeness (QED) is 0.443. The molecule has 0 radical (unpaired) electrons. The van der Waals surface area contributed by atoms with Crippen molar-refractivity contribution in [2.45, 2.75) is 32.1 Å². The minimum Gasteiger partial charge on any atom is -0.468 e. The number of hydrogen-bond acceptors (Lipinski definition) is 6. The third-order valence-electron chi connectivity index (χ3n) is 4.18. The van der Waals surface area contributed by atoms with Crippen LogP contribution in [-0.4, -0.2) is 32.3 Å². The summed E-state index contributed by atoms with van der Waals surface area (Å²) in [7, 11) is -2.24. The molecule has 0 amide bonds. The highest BCUT2D eigenvalue weighted by Crippen LogP contribution is 2.59. The second kappa shape index (κ2) is 11.1. The molecule has 0 aliphatic heterocycles. The van der Waals surface area contributed by atoms with Gasteiger partial charge < -0.3 is 13.8 Å². The van der Waals surface area contributed by atoms with Gasteiger partial charge in [0.15, 0.2) is 0 Å². The fourth-order valence-corrected chi connectivity index (χ4v) is 4.94. The molecule has 0 aromatic heterocycles. The Labute approximate surface area is 166 Å². The molecule has 2 rings (SSSR count). The Morgan fingerprint density at radius 2 is 1.50 bits per heavy atom. The molecule has 28 heavy (non-hydrogen) atoms. The normalized spacial score (nSPS) is 13.7. The first-order chi connectivity index (χ1) is 13.5. The summed E-state index contributed by atoms with van der Waals surface area (Å²) < 4.78 is 29.7. The van der Waals surface area contributed by atoms with Crippen LogP contribution in [0.15, 0.2) is 60.7 Å². The number of benzene rings is 2. The minimum atomic E-state index is -3.58. The van der Waals surface area contributed by atoms with Crippen LogP contribution in [-0.2, 0) is 29.6 Å². The fourth-order valence-electron chi connectivity index (χ4n) is 2.94. The Balaban J connectivity index is 2.39. The SMILES string of the molecule is CCOP(=O)(OCC)C(NC(Cc1ccccc1)C(=O)OC)c1ccccc1. The molecule has 0 bridgehead atoms. The lowest BCUT2D eigenvalue weighted by molar-refractivity contribution is -0.143. The number of rotatable bonds is 11. The molecule has 2 aromatic rings. The largest absolute Gasteiger partial charge is 0.468 e. The van der Waals surface area contributed by atoms with E-state index in [1.807, 2.05) is 60.7 Å². The summed E-state index contributed by atoms with van der Waals surface area (Å²) in [6.07, 6.45) is 0.384. The van der Waals surface area contributed by atoms with Crippen molar-refractivity contribution in [2.24, 2.45) is 0 Å². The van der Waals surface area contributed by atoms with Crippen LogP contribution in [0.3, 0.4) is 0 Å². The smallest absolute Gasteiger partial charge is 0.351 e. The second-order valence-electron chi connectivity index (χ2n) is 6.12. The number of ether oxygens (including phenoxy) is 1. The van der Waals surface area contributed by atoms with E-state index < -0.39 is 25.4 Å². The van der Waals surface area contributed by atoms with Crippen LogP contribution in [0.5, 0.6) is 0 Å². The molecule has 0 saturated heterocycles. The lowest BCUT2D eigenvalue weighted by Crippen LogP contribution is -2.42. The van der Waals surface area contributed by atoms with E-state index in [0.717, 1.165) is 11.1 Å². The van der Waals surface area contributed by atoms with E-state index in [1.54, 1.807) is 13.8 Å². The van der Waals surface area contributed by atoms with Crippen molar-refractivity contribution in [3.63, 3.8) is 0 Å². The van der Waals surface area contributed by atoms with Crippen LogP contribution in [0.4, 0.5) is 0 Å². The molecule has 6 nitrogen and oxygen atoms in total. The van der Waals surface area contributed by atoms with Gasteiger partial charge in [0.2, 0.25) is 0 Å². The maximum atomic E-state index is 13.6. The van der Waals surface area contributed by atoms with Gasteiger partial charge in [-0.25, -0.2) is 0 Å². The zero-order chi connectivity index (χ0) is 20.4. The molecule has 0 fully saturated rings. The summed E-state index contributed by atoms with van der Waals surface area (Å²) in [6.45, 7) is 3.97. The van der Waals surface area contributed by atoms with E-state index in [9.17, 15) is 9.36 Å². The molecule has 1 N–H and O–H groups in total. The molecule has 7 heteroatoms. The third kappa shape index (κ3) is 6.01. The van der Waals surface area contributed by atoms with Gasteiger partial charge in [-0.05, 0) is 31.4 Å². The van der Waals surface area contributed by atoms with E-state index >= 15 is 0 Å². The van der Waals surface area contributed by atoms with Gasteiger partial charge in [-0.2, -0.15) is 0 Å². The Morgan fingerprint density at radius 3 is 2.00 bits per heavy atom. The number of hydrogen-bond donors (Lipinski definition) is 1. The molecule has 0 spiro atoms. The Hall–Kier alpha value is -1.98. The van der Waals surface area contributed by atoms with Gasteiger partial charge >= 0.3 is 13.6 Å². The highest BCUT2D eigenvalue weighted by atomic mass is 31.2. The highest BCUT2D eigenvalue weighted by molar-refractivity contribution is 7.54. The third-order valence-corrected chi connectivity index (χ3v) is 6.49. The summed E-state index contributed by atoms with van der Waals surface area (Å²) in [6, 6.07) is 18.1. The van der Waals surface area contributed by atoms with Crippen molar-refractivity contribution in [3.8, 4) is 0 Å². The molecular formula is C21H28NO5P. The number of nitrogens with one attached hydrogen (secondary N) is 1. The predicted molar refractivity (Wildman–Crippen MR) is 109 cm³/mol. The van der Waals surface area contributed by atoms with Crippen molar-refractivity contribution in [3.05, 3.63) is 71.8 Å². The first-order valence-electron chi connectivity index (χ1n) is 9.35. The van der Waals surface area contributed by atoms with Crippen LogP contribution in [0.25, 0.3) is 0 Å². The topological polar surface area (TPSA) is 73.9 Å². The van der Waals surface area contributed by atoms with Crippen molar-refractivity contribution >= 4 is 13.6 Å². The second-order valence-corrected chi connectivity index (χ2v) is 8.23. The highest BCUT2D eigenvalue weighted by Gasteiger charge is 2.39. The molecule has 0 heterocycles. The van der Waals surface area contributed by atoms with E-state index in [1.165, 1.54) is 7.11 Å². The standard InChI is InChI=1S/C21H28NO5P/c1-4-26-28(24,27-5-2)20(18-14-10-7-11-15-18)22-19(21(23)25-3)16-17-12-8-6-9-13-17/h6-15,19-20,22H,4-5,16H2,1-3H3. The molecule has 0 aliphatic carbocycles. The monoisotopic (exact) mass is 405 g/mol. The maximum absolute atomic E-state index is 13.6. The van der Waals surface area contributed by atoms with Crippen molar-refractivity contribution in [1.82, 2.24) is 5.32 Å². The van der Waals surface area contributed by atoms with Gasteiger partial charge in [-0.1, -0.05) is 60.7 Å². The Morgan fingerprint density at radius 1 is 0.964 bits per heavy atom. The average molecular weight is 405 g/mol. The Kier molecular flexibility index (Phi) is 8.87. The summed E-state index contributed by atoms with van der Waals surface area (Å²) in [5, 5.41) is 3.19. The average Bonchev–Trinajstić information content (AvgIpc) is 2.72. The van der Waals surface area contributed by atoms with Crippen LogP contribution in [0, 0.1) is 0 Å². The summed E-state index contributed by atoms with van der Waals surface area (Å²) in [4.78, 5) is 12.5. The zero-order valence-corrected chi connectivity index (χ0v) is 17.4. The van der Waals surface area contributed by atoms with E-state index in [-0.39, 0.29) is 13.2 Å². The summed E-state index contributed by atoms with van der Waals surface area (Å²) >= 11 is 0. The first-order valence-corrected chi connectivity index (χ1v) is 11.0. The Bertz CT molecular complexity index is 759. The van der Waals surface area contributed by atoms with E-state index in [4.69, 9.17) is 13.8 Å². The minimum absolute atomic E-state index is 0.226. The predicted octanol–water partition coefficient (Wildman–Crippen LogP) is 4.33. The molecule has 2 atom stereocenters. The fraction of sp³-hybridized carbons (Fsp3) is 0.381.